The second-order valence-corrected chi connectivity index (χ2v) is 6.85. The molecule has 0 aliphatic heterocycles. The lowest BCUT2D eigenvalue weighted by Gasteiger charge is -2.08. The van der Waals surface area contributed by atoms with E-state index in [1.54, 1.807) is 43.3 Å². The Morgan fingerprint density at radius 2 is 2.04 bits per heavy atom. The monoisotopic (exact) mass is 501 g/mol. The van der Waals surface area contributed by atoms with Crippen LogP contribution < -0.4 is 15.5 Å². The van der Waals surface area contributed by atoms with Gasteiger partial charge < -0.3 is 15.2 Å². The van der Waals surface area contributed by atoms with Crippen LogP contribution in [-0.2, 0) is 9.59 Å². The van der Waals surface area contributed by atoms with Crippen LogP contribution in [0.15, 0.2) is 41.5 Å². The molecule has 3 N–H and O–H groups in total. The molecule has 0 aliphatic rings. The summed E-state index contributed by atoms with van der Waals surface area (Å²) in [6, 6.07) is 10.0. The molecule has 0 saturated carbocycles. The van der Waals surface area contributed by atoms with E-state index in [-0.39, 0.29) is 5.75 Å². The number of hydrogen-bond acceptors (Lipinski definition) is 5. The Morgan fingerprint density at radius 3 is 2.74 bits per heavy atom. The molecule has 7 nitrogen and oxygen atoms in total. The summed E-state index contributed by atoms with van der Waals surface area (Å²) >= 11 is 7.91. The van der Waals surface area contributed by atoms with Gasteiger partial charge in [-0.05, 0) is 59.3 Å². The highest BCUT2D eigenvalue weighted by molar-refractivity contribution is 14.1. The van der Waals surface area contributed by atoms with Crippen LogP contribution in [0.5, 0.6) is 11.5 Å². The Kier molecular flexibility index (Phi) is 7.86. The number of phenols is 1. The van der Waals surface area contributed by atoms with Crippen molar-refractivity contribution in [3.8, 4) is 11.5 Å². The van der Waals surface area contributed by atoms with Crippen molar-refractivity contribution in [3.63, 3.8) is 0 Å². The summed E-state index contributed by atoms with van der Waals surface area (Å²) in [4.78, 5) is 23.7. The van der Waals surface area contributed by atoms with Gasteiger partial charge in [0.05, 0.1) is 27.1 Å². The van der Waals surface area contributed by atoms with Gasteiger partial charge in [0, 0.05) is 0 Å². The molecular formula is C18H17ClIN3O4. The zero-order valence-corrected chi connectivity index (χ0v) is 17.2. The summed E-state index contributed by atoms with van der Waals surface area (Å²) in [7, 11) is 0. The van der Waals surface area contributed by atoms with Crippen LogP contribution in [0.2, 0.25) is 5.02 Å². The van der Waals surface area contributed by atoms with Gasteiger partial charge in [-0.25, -0.2) is 5.43 Å². The third kappa shape index (κ3) is 6.40. The van der Waals surface area contributed by atoms with Crippen LogP contribution in [0.25, 0.3) is 0 Å². The van der Waals surface area contributed by atoms with Gasteiger partial charge in [-0.3, -0.25) is 9.59 Å². The van der Waals surface area contributed by atoms with Crippen LogP contribution in [0.1, 0.15) is 18.9 Å². The number of phenolic OH excluding ortho intramolecular Hbond substituents is 1. The zero-order valence-electron chi connectivity index (χ0n) is 14.3. The van der Waals surface area contributed by atoms with E-state index in [0.717, 1.165) is 0 Å². The Bertz CT molecular complexity index is 874. The second-order valence-electron chi connectivity index (χ2n) is 5.28. The molecule has 9 heteroatoms. The van der Waals surface area contributed by atoms with Gasteiger partial charge in [0.25, 0.3) is 0 Å². The molecule has 0 unspecified atom stereocenters. The standard InChI is InChI=1S/C18H17ClIN3O4/c1-2-27-15-8-11(7-13(20)18(15)26)10-21-23-17(25)9-16(24)22-14-6-4-3-5-12(14)19/h3-8,10,26H,2,9H2,1H3,(H,22,24)(H,23,25). The van der Waals surface area contributed by atoms with Crippen molar-refractivity contribution in [2.24, 2.45) is 5.10 Å². The van der Waals surface area contributed by atoms with E-state index in [1.165, 1.54) is 6.21 Å². The number of nitrogens with zero attached hydrogens (tertiary/aromatic N) is 1. The fraction of sp³-hybridized carbons (Fsp3) is 0.167. The zero-order chi connectivity index (χ0) is 19.8. The van der Waals surface area contributed by atoms with Crippen LogP contribution in [0, 0.1) is 3.57 Å². The minimum Gasteiger partial charge on any atom is -0.504 e. The van der Waals surface area contributed by atoms with E-state index in [2.05, 4.69) is 15.8 Å². The van der Waals surface area contributed by atoms with Crippen LogP contribution >= 0.6 is 34.2 Å². The smallest absolute Gasteiger partial charge is 0.249 e. The van der Waals surface area contributed by atoms with Crippen molar-refractivity contribution in [3.05, 3.63) is 50.6 Å². The number of carbonyl (C=O) groups excluding carboxylic acids is 2. The van der Waals surface area contributed by atoms with Gasteiger partial charge in [-0.1, -0.05) is 23.7 Å². The van der Waals surface area contributed by atoms with E-state index in [9.17, 15) is 14.7 Å². The van der Waals surface area contributed by atoms with Gasteiger partial charge in [0.15, 0.2) is 11.5 Å². The number of para-hydroxylation sites is 1. The number of nitrogens with one attached hydrogen (secondary N) is 2. The highest BCUT2D eigenvalue weighted by Gasteiger charge is 2.11. The molecule has 0 saturated heterocycles. The number of benzene rings is 2. The number of hydrogen-bond donors (Lipinski definition) is 3. The van der Waals surface area contributed by atoms with Crippen molar-refractivity contribution in [2.75, 3.05) is 11.9 Å². The molecule has 0 heterocycles. The van der Waals surface area contributed by atoms with Crippen molar-refractivity contribution in [1.82, 2.24) is 5.43 Å². The molecule has 0 aromatic heterocycles. The highest BCUT2D eigenvalue weighted by Crippen LogP contribution is 2.32. The Balaban J connectivity index is 1.91. The minimum absolute atomic E-state index is 0.0508. The number of ether oxygens (including phenoxy) is 1. The number of halogens is 2. The minimum atomic E-state index is -0.575. The molecule has 0 fully saturated rings. The Labute approximate surface area is 174 Å². The summed E-state index contributed by atoms with van der Waals surface area (Å²) in [6.45, 7) is 2.21. The van der Waals surface area contributed by atoms with Gasteiger partial charge in [0.1, 0.15) is 6.42 Å². The van der Waals surface area contributed by atoms with Crippen LogP contribution in [-0.4, -0.2) is 29.7 Å². The van der Waals surface area contributed by atoms with Crippen molar-refractivity contribution < 1.29 is 19.4 Å². The third-order valence-electron chi connectivity index (χ3n) is 3.22. The average Bonchev–Trinajstić information content (AvgIpc) is 2.61. The number of amides is 2. The van der Waals surface area contributed by atoms with E-state index in [0.29, 0.717) is 32.2 Å². The predicted molar refractivity (Wildman–Crippen MR) is 112 cm³/mol. The number of aromatic hydroxyl groups is 1. The summed E-state index contributed by atoms with van der Waals surface area (Å²) in [5, 5.41) is 16.7. The predicted octanol–water partition coefficient (Wildman–Crippen LogP) is 3.53. The quantitative estimate of drug-likeness (QED) is 0.234. The molecule has 0 bridgehead atoms. The summed E-state index contributed by atoms with van der Waals surface area (Å²) in [5.74, 6) is -0.700. The number of carbonyl (C=O) groups is 2. The lowest BCUT2D eigenvalue weighted by molar-refractivity contribution is -0.126. The molecule has 0 radical (unpaired) electrons. The van der Waals surface area contributed by atoms with E-state index >= 15 is 0 Å². The van der Waals surface area contributed by atoms with Crippen LogP contribution in [0.4, 0.5) is 5.69 Å². The van der Waals surface area contributed by atoms with Crippen molar-refractivity contribution >= 4 is 57.9 Å². The first-order valence-corrected chi connectivity index (χ1v) is 9.38. The molecule has 2 amide bonds. The van der Waals surface area contributed by atoms with Crippen molar-refractivity contribution in [2.45, 2.75) is 13.3 Å². The normalized spacial score (nSPS) is 10.6. The lowest BCUT2D eigenvalue weighted by atomic mass is 10.2. The highest BCUT2D eigenvalue weighted by atomic mass is 127. The molecule has 2 aromatic carbocycles. The van der Waals surface area contributed by atoms with Gasteiger partial charge in [-0.2, -0.15) is 5.10 Å². The van der Waals surface area contributed by atoms with Crippen molar-refractivity contribution in [1.29, 1.82) is 0 Å². The molecule has 142 valence electrons. The summed E-state index contributed by atoms with van der Waals surface area (Å²) in [6.07, 6.45) is 0.994. The first-order chi connectivity index (χ1) is 12.9. The first kappa shape index (κ1) is 21.0. The third-order valence-corrected chi connectivity index (χ3v) is 4.37. The molecular weight excluding hydrogens is 485 g/mol. The maximum Gasteiger partial charge on any atom is 0.249 e. The SMILES string of the molecule is CCOc1cc(C=NNC(=O)CC(=O)Nc2ccccc2Cl)cc(I)c1O. The van der Waals surface area contributed by atoms with Crippen LogP contribution in [0.3, 0.4) is 0 Å². The maximum atomic E-state index is 11.9. The number of hydrazone groups is 1. The molecule has 0 atom stereocenters. The Morgan fingerprint density at radius 1 is 1.30 bits per heavy atom. The second kappa shape index (κ2) is 10.1. The largest absolute Gasteiger partial charge is 0.504 e. The van der Waals surface area contributed by atoms with E-state index in [4.69, 9.17) is 16.3 Å². The molecule has 2 rings (SSSR count). The number of rotatable bonds is 7. The van der Waals surface area contributed by atoms with Gasteiger partial charge in [0.2, 0.25) is 11.8 Å². The lowest BCUT2D eigenvalue weighted by Crippen LogP contribution is -2.24. The fourth-order valence-electron chi connectivity index (χ4n) is 2.05. The molecule has 2 aromatic rings. The van der Waals surface area contributed by atoms with Gasteiger partial charge in [-0.15, -0.1) is 0 Å². The molecule has 0 aliphatic carbocycles. The Hall–Kier alpha value is -2.33. The molecule has 27 heavy (non-hydrogen) atoms. The maximum absolute atomic E-state index is 11.9. The first-order valence-electron chi connectivity index (χ1n) is 7.92. The van der Waals surface area contributed by atoms with E-state index < -0.39 is 18.2 Å². The summed E-state index contributed by atoms with van der Waals surface area (Å²) < 4.78 is 5.93. The number of anilines is 1. The van der Waals surface area contributed by atoms with Gasteiger partial charge >= 0.3 is 0 Å². The fourth-order valence-corrected chi connectivity index (χ4v) is 2.86. The molecule has 0 spiro atoms. The summed E-state index contributed by atoms with van der Waals surface area (Å²) in [5.41, 5.74) is 3.34. The average molecular weight is 502 g/mol. The topological polar surface area (TPSA) is 100 Å². The van der Waals surface area contributed by atoms with E-state index in [1.807, 2.05) is 22.6 Å².